The fourth-order valence-electron chi connectivity index (χ4n) is 2.27. The zero-order chi connectivity index (χ0) is 15.2. The van der Waals surface area contributed by atoms with E-state index in [4.69, 9.17) is 11.6 Å². The predicted molar refractivity (Wildman–Crippen MR) is 84.6 cm³/mol. The van der Waals surface area contributed by atoms with Crippen LogP contribution in [0.15, 0.2) is 12.1 Å². The first kappa shape index (κ1) is 16.1. The molecule has 7 heteroatoms. The molecular weight excluding hydrogens is 310 g/mol. The number of urea groups is 1. The first-order valence-corrected chi connectivity index (χ1v) is 8.37. The smallest absolute Gasteiger partial charge is 0.318 e. The van der Waals surface area contributed by atoms with Crippen molar-refractivity contribution in [3.05, 3.63) is 21.3 Å². The molecule has 3 amide bonds. The molecule has 1 atom stereocenters. The number of carbonyl (C=O) groups excluding carboxylic acids is 2. The topological polar surface area (TPSA) is 61.4 Å². The van der Waals surface area contributed by atoms with E-state index >= 15 is 0 Å². The van der Waals surface area contributed by atoms with Crippen molar-refractivity contribution >= 4 is 34.9 Å². The van der Waals surface area contributed by atoms with Crippen LogP contribution in [0.4, 0.5) is 4.79 Å². The normalized spacial score (nSPS) is 18.8. The molecule has 21 heavy (non-hydrogen) atoms. The second-order valence-corrected chi connectivity index (χ2v) is 6.81. The third-order valence-corrected chi connectivity index (χ3v) is 4.69. The van der Waals surface area contributed by atoms with Crippen LogP contribution in [0.1, 0.15) is 31.1 Å². The maximum atomic E-state index is 12.3. The Morgan fingerprint density at radius 1 is 1.52 bits per heavy atom. The number of halogens is 1. The molecule has 1 fully saturated rings. The molecule has 2 rings (SSSR count). The van der Waals surface area contributed by atoms with Crippen molar-refractivity contribution in [2.24, 2.45) is 0 Å². The van der Waals surface area contributed by atoms with Crippen LogP contribution in [0, 0.1) is 0 Å². The highest BCUT2D eigenvalue weighted by Gasteiger charge is 2.24. The molecule has 1 aliphatic rings. The maximum Gasteiger partial charge on any atom is 0.318 e. The van der Waals surface area contributed by atoms with E-state index in [1.54, 1.807) is 4.90 Å². The van der Waals surface area contributed by atoms with Gasteiger partial charge in [0.25, 0.3) is 0 Å². The molecule has 0 unspecified atom stereocenters. The summed E-state index contributed by atoms with van der Waals surface area (Å²) in [6.45, 7) is 3.70. The Hall–Kier alpha value is -1.27. The summed E-state index contributed by atoms with van der Waals surface area (Å²) in [7, 11) is 0. The predicted octanol–water partition coefficient (Wildman–Crippen LogP) is 2.60. The van der Waals surface area contributed by atoms with Crippen LogP contribution in [0.25, 0.3) is 0 Å². The molecule has 0 aromatic carbocycles. The summed E-state index contributed by atoms with van der Waals surface area (Å²) in [5, 5.41) is 5.66. The lowest BCUT2D eigenvalue weighted by molar-refractivity contribution is -0.122. The van der Waals surface area contributed by atoms with E-state index < -0.39 is 6.04 Å². The second-order valence-electron chi connectivity index (χ2n) is 5.01. The molecule has 1 aromatic heterocycles. The molecule has 1 aliphatic heterocycles. The molecule has 0 radical (unpaired) electrons. The Balaban J connectivity index is 1.94. The van der Waals surface area contributed by atoms with E-state index in [9.17, 15) is 9.59 Å². The van der Waals surface area contributed by atoms with Crippen molar-refractivity contribution in [1.29, 1.82) is 0 Å². The zero-order valence-corrected chi connectivity index (χ0v) is 13.6. The van der Waals surface area contributed by atoms with Crippen LogP contribution >= 0.6 is 22.9 Å². The summed E-state index contributed by atoms with van der Waals surface area (Å²) in [6.07, 6.45) is 2.60. The zero-order valence-electron chi connectivity index (χ0n) is 12.0. The Morgan fingerprint density at radius 2 is 2.33 bits per heavy atom. The Labute approximate surface area is 133 Å². The fourth-order valence-corrected chi connectivity index (χ4v) is 3.37. The maximum absolute atomic E-state index is 12.3. The fraction of sp³-hybridized carbons (Fsp3) is 0.571. The summed E-state index contributed by atoms with van der Waals surface area (Å²) in [5.41, 5.74) is 0. The van der Waals surface area contributed by atoms with Gasteiger partial charge in [0.15, 0.2) is 0 Å². The van der Waals surface area contributed by atoms with Gasteiger partial charge in [-0.15, -0.1) is 11.3 Å². The first-order valence-electron chi connectivity index (χ1n) is 7.17. The molecular formula is C14H20ClN3O2S. The van der Waals surface area contributed by atoms with Gasteiger partial charge in [-0.25, -0.2) is 4.79 Å². The minimum absolute atomic E-state index is 0.0870. The van der Waals surface area contributed by atoms with Gasteiger partial charge < -0.3 is 15.5 Å². The molecule has 0 aliphatic carbocycles. The molecule has 5 nitrogen and oxygen atoms in total. The molecule has 0 spiro atoms. The van der Waals surface area contributed by atoms with Crippen molar-refractivity contribution in [2.45, 2.75) is 38.8 Å². The van der Waals surface area contributed by atoms with Gasteiger partial charge in [0.05, 0.1) is 10.9 Å². The van der Waals surface area contributed by atoms with Gasteiger partial charge >= 0.3 is 6.03 Å². The summed E-state index contributed by atoms with van der Waals surface area (Å²) in [4.78, 5) is 26.9. The Bertz CT molecular complexity index is 506. The highest BCUT2D eigenvalue weighted by Crippen LogP contribution is 2.22. The summed E-state index contributed by atoms with van der Waals surface area (Å²) in [5.74, 6) is -0.0870. The van der Waals surface area contributed by atoms with Crippen molar-refractivity contribution in [3.8, 4) is 0 Å². The first-order chi connectivity index (χ1) is 10.1. The van der Waals surface area contributed by atoms with Crippen LogP contribution in [0.2, 0.25) is 4.34 Å². The summed E-state index contributed by atoms with van der Waals surface area (Å²) >= 11 is 7.37. The number of nitrogens with one attached hydrogen (secondary N) is 2. The highest BCUT2D eigenvalue weighted by molar-refractivity contribution is 7.16. The summed E-state index contributed by atoms with van der Waals surface area (Å²) < 4.78 is 0.713. The monoisotopic (exact) mass is 329 g/mol. The largest absolute Gasteiger partial charge is 0.354 e. The van der Waals surface area contributed by atoms with Crippen LogP contribution in [0.5, 0.6) is 0 Å². The number of hydrogen-bond donors (Lipinski definition) is 2. The van der Waals surface area contributed by atoms with Crippen LogP contribution in [-0.2, 0) is 11.3 Å². The molecule has 2 N–H and O–H groups in total. The number of amides is 3. The average Bonchev–Trinajstić information content (AvgIpc) is 2.77. The lowest BCUT2D eigenvalue weighted by atomic mass is 10.1. The quantitative estimate of drug-likeness (QED) is 0.892. The molecule has 2 heterocycles. The Kier molecular flexibility index (Phi) is 5.87. The van der Waals surface area contributed by atoms with Gasteiger partial charge in [-0.05, 0) is 38.3 Å². The molecule has 1 saturated heterocycles. The molecule has 116 valence electrons. The number of thiophene rings is 1. The van der Waals surface area contributed by atoms with Gasteiger partial charge in [-0.3, -0.25) is 4.79 Å². The lowest BCUT2D eigenvalue weighted by Gasteiger charge is -2.24. The minimum atomic E-state index is -0.430. The highest BCUT2D eigenvalue weighted by atomic mass is 35.5. The number of nitrogens with zero attached hydrogens (tertiary/aromatic N) is 1. The SMILES string of the molecule is CCN(Cc1ccc(Cl)s1)C(=O)N[C@@H]1CCCCNC1=O. The van der Waals surface area contributed by atoms with E-state index in [2.05, 4.69) is 10.6 Å². The van der Waals surface area contributed by atoms with E-state index in [1.165, 1.54) is 11.3 Å². The van der Waals surface area contributed by atoms with E-state index in [1.807, 2.05) is 19.1 Å². The standard InChI is InChI=1S/C14H20ClN3O2S/c1-2-18(9-10-6-7-12(15)21-10)14(20)17-11-5-3-4-8-16-13(11)19/h6-7,11H,2-5,8-9H2,1H3,(H,16,19)(H,17,20)/t11-/m1/s1. The number of rotatable bonds is 4. The van der Waals surface area contributed by atoms with E-state index in [0.29, 0.717) is 30.4 Å². The van der Waals surface area contributed by atoms with Crippen LogP contribution < -0.4 is 10.6 Å². The van der Waals surface area contributed by atoms with Gasteiger partial charge in [0.1, 0.15) is 6.04 Å². The summed E-state index contributed by atoms with van der Waals surface area (Å²) in [6, 6.07) is 3.11. The van der Waals surface area contributed by atoms with Crippen molar-refractivity contribution in [3.63, 3.8) is 0 Å². The molecule has 1 aromatic rings. The van der Waals surface area contributed by atoms with Crippen molar-refractivity contribution < 1.29 is 9.59 Å². The van der Waals surface area contributed by atoms with Gasteiger partial charge in [-0.1, -0.05) is 11.6 Å². The molecule has 0 bridgehead atoms. The van der Waals surface area contributed by atoms with Gasteiger partial charge in [0.2, 0.25) is 5.91 Å². The third-order valence-electron chi connectivity index (χ3n) is 3.48. The van der Waals surface area contributed by atoms with Crippen molar-refractivity contribution in [1.82, 2.24) is 15.5 Å². The molecule has 0 saturated carbocycles. The number of hydrogen-bond acceptors (Lipinski definition) is 3. The van der Waals surface area contributed by atoms with Crippen LogP contribution in [0.3, 0.4) is 0 Å². The lowest BCUT2D eigenvalue weighted by Crippen LogP contribution is -2.50. The van der Waals surface area contributed by atoms with Crippen LogP contribution in [-0.4, -0.2) is 36.0 Å². The third kappa shape index (κ3) is 4.61. The van der Waals surface area contributed by atoms with Gasteiger partial charge in [0, 0.05) is 18.0 Å². The Morgan fingerprint density at radius 3 is 3.00 bits per heavy atom. The van der Waals surface area contributed by atoms with E-state index in [-0.39, 0.29) is 11.9 Å². The minimum Gasteiger partial charge on any atom is -0.354 e. The van der Waals surface area contributed by atoms with Crippen molar-refractivity contribution in [2.75, 3.05) is 13.1 Å². The average molecular weight is 330 g/mol. The second kappa shape index (κ2) is 7.66. The number of carbonyl (C=O) groups is 2. The van der Waals surface area contributed by atoms with Gasteiger partial charge in [-0.2, -0.15) is 0 Å². The van der Waals surface area contributed by atoms with E-state index in [0.717, 1.165) is 17.7 Å².